The van der Waals surface area contributed by atoms with Gasteiger partial charge >= 0.3 is 6.30 Å². The van der Waals surface area contributed by atoms with Crippen molar-refractivity contribution >= 4 is 0 Å². The van der Waals surface area contributed by atoms with E-state index in [4.69, 9.17) is 0 Å². The van der Waals surface area contributed by atoms with E-state index in [2.05, 4.69) is 5.32 Å². The van der Waals surface area contributed by atoms with Crippen LogP contribution in [0.25, 0.3) is 0 Å². The number of nitrogens with one attached hydrogen (secondary N) is 1. The third kappa shape index (κ3) is 3.15. The second-order valence-corrected chi connectivity index (χ2v) is 3.29. The predicted octanol–water partition coefficient (Wildman–Crippen LogP) is 1.58. The van der Waals surface area contributed by atoms with Crippen LogP contribution in [0.15, 0.2) is 0 Å². The van der Waals surface area contributed by atoms with Crippen LogP contribution < -0.4 is 5.32 Å². The fourth-order valence-electron chi connectivity index (χ4n) is 1.63. The zero-order valence-electron chi connectivity index (χ0n) is 7.69. The Morgan fingerprint density at radius 1 is 1.31 bits per heavy atom. The molecule has 1 N–H and O–H groups in total. The molecule has 13 heavy (non-hydrogen) atoms. The summed E-state index contributed by atoms with van der Waals surface area (Å²) < 4.78 is 36.5. The Bertz CT molecular complexity index is 150. The highest BCUT2D eigenvalue weighted by Crippen LogP contribution is 2.25. The summed E-state index contributed by atoms with van der Waals surface area (Å²) in [5, 5.41) is 3.16. The molecule has 1 fully saturated rings. The van der Waals surface area contributed by atoms with Crippen molar-refractivity contribution in [3.63, 3.8) is 0 Å². The van der Waals surface area contributed by atoms with Crippen molar-refractivity contribution in [2.45, 2.75) is 32.1 Å². The molecule has 0 amide bonds. The molecule has 0 aromatic carbocycles. The van der Waals surface area contributed by atoms with Crippen molar-refractivity contribution in [3.05, 3.63) is 0 Å². The van der Waals surface area contributed by atoms with Gasteiger partial charge in [-0.25, -0.2) is 4.90 Å². The van der Waals surface area contributed by atoms with Crippen LogP contribution in [0.1, 0.15) is 19.8 Å². The first-order valence-corrected chi connectivity index (χ1v) is 4.59. The van der Waals surface area contributed by atoms with Crippen molar-refractivity contribution in [1.82, 2.24) is 10.2 Å². The van der Waals surface area contributed by atoms with Crippen molar-refractivity contribution in [2.24, 2.45) is 0 Å². The molecule has 0 aromatic heterocycles. The van der Waals surface area contributed by atoms with Gasteiger partial charge in [0.05, 0.1) is 0 Å². The number of alkyl halides is 3. The van der Waals surface area contributed by atoms with Crippen molar-refractivity contribution in [3.8, 4) is 0 Å². The van der Waals surface area contributed by atoms with Crippen LogP contribution in [-0.2, 0) is 0 Å². The molecule has 1 rings (SSSR count). The molecule has 0 bridgehead atoms. The summed E-state index contributed by atoms with van der Waals surface area (Å²) in [7, 11) is 0. The van der Waals surface area contributed by atoms with E-state index in [9.17, 15) is 13.2 Å². The first kappa shape index (κ1) is 10.8. The summed E-state index contributed by atoms with van der Waals surface area (Å²) in [6.45, 7) is 3.05. The molecule has 0 aliphatic carbocycles. The number of hydrogen-bond acceptors (Lipinski definition) is 2. The quantitative estimate of drug-likeness (QED) is 0.674. The SMILES string of the molecule is CCNC1CCN(C(F)(F)F)CC1. The van der Waals surface area contributed by atoms with Gasteiger partial charge in [0.15, 0.2) is 0 Å². The van der Waals surface area contributed by atoms with E-state index in [0.29, 0.717) is 17.7 Å². The highest BCUT2D eigenvalue weighted by molar-refractivity contribution is 4.77. The van der Waals surface area contributed by atoms with E-state index in [1.165, 1.54) is 0 Å². The third-order valence-corrected chi connectivity index (χ3v) is 2.35. The molecular formula is C8H15F3N2. The van der Waals surface area contributed by atoms with Gasteiger partial charge in [-0.1, -0.05) is 6.92 Å². The van der Waals surface area contributed by atoms with Gasteiger partial charge < -0.3 is 5.32 Å². The highest BCUT2D eigenvalue weighted by Gasteiger charge is 2.38. The number of rotatable bonds is 2. The van der Waals surface area contributed by atoms with Crippen LogP contribution in [0.3, 0.4) is 0 Å². The van der Waals surface area contributed by atoms with Crippen LogP contribution in [0.5, 0.6) is 0 Å². The molecule has 1 aliphatic rings. The van der Waals surface area contributed by atoms with Gasteiger partial charge in [0.25, 0.3) is 0 Å². The fraction of sp³-hybridized carbons (Fsp3) is 1.00. The normalized spacial score (nSPS) is 22.2. The summed E-state index contributed by atoms with van der Waals surface area (Å²) in [5.74, 6) is 0. The Morgan fingerprint density at radius 2 is 1.85 bits per heavy atom. The minimum absolute atomic E-state index is 0.126. The van der Waals surface area contributed by atoms with E-state index >= 15 is 0 Å². The fourth-order valence-corrected chi connectivity index (χ4v) is 1.63. The molecule has 0 spiro atoms. The maximum absolute atomic E-state index is 12.2. The number of piperidine rings is 1. The van der Waals surface area contributed by atoms with Crippen molar-refractivity contribution in [2.75, 3.05) is 19.6 Å². The van der Waals surface area contributed by atoms with Crippen LogP contribution in [-0.4, -0.2) is 36.9 Å². The molecule has 2 nitrogen and oxygen atoms in total. The molecule has 1 aliphatic heterocycles. The van der Waals surface area contributed by atoms with Crippen LogP contribution in [0.2, 0.25) is 0 Å². The molecule has 1 heterocycles. The lowest BCUT2D eigenvalue weighted by molar-refractivity contribution is -0.250. The molecular weight excluding hydrogens is 181 g/mol. The van der Waals surface area contributed by atoms with Gasteiger partial charge in [0.1, 0.15) is 0 Å². The van der Waals surface area contributed by atoms with Crippen LogP contribution in [0.4, 0.5) is 13.2 Å². The highest BCUT2D eigenvalue weighted by atomic mass is 19.4. The maximum atomic E-state index is 12.2. The summed E-state index contributed by atoms with van der Waals surface area (Å²) in [5.41, 5.74) is 0. The van der Waals surface area contributed by atoms with E-state index < -0.39 is 6.30 Å². The van der Waals surface area contributed by atoms with E-state index in [1.807, 2.05) is 6.92 Å². The van der Waals surface area contributed by atoms with Gasteiger partial charge in [-0.2, -0.15) is 13.2 Å². The molecule has 0 radical (unpaired) electrons. The number of likely N-dealkylation sites (tertiary alicyclic amines) is 1. The second kappa shape index (κ2) is 4.28. The summed E-state index contributed by atoms with van der Waals surface area (Å²) >= 11 is 0. The summed E-state index contributed by atoms with van der Waals surface area (Å²) in [6.07, 6.45) is -2.96. The van der Waals surface area contributed by atoms with Crippen molar-refractivity contribution < 1.29 is 13.2 Å². The van der Waals surface area contributed by atoms with E-state index in [1.54, 1.807) is 0 Å². The lowest BCUT2D eigenvalue weighted by Crippen LogP contribution is -2.48. The molecule has 5 heteroatoms. The van der Waals surface area contributed by atoms with E-state index in [0.717, 1.165) is 6.54 Å². The number of nitrogens with zero attached hydrogens (tertiary/aromatic N) is 1. The van der Waals surface area contributed by atoms with Gasteiger partial charge in [-0.3, -0.25) is 0 Å². The first-order valence-electron chi connectivity index (χ1n) is 4.59. The summed E-state index contributed by atoms with van der Waals surface area (Å²) in [4.78, 5) is 0.584. The predicted molar refractivity (Wildman–Crippen MR) is 44.3 cm³/mol. The Labute approximate surface area is 76.1 Å². The molecule has 0 atom stereocenters. The average molecular weight is 196 g/mol. The lowest BCUT2D eigenvalue weighted by Gasteiger charge is -2.33. The number of hydrogen-bond donors (Lipinski definition) is 1. The average Bonchev–Trinajstić information content (AvgIpc) is 2.04. The Kier molecular flexibility index (Phi) is 3.55. The topological polar surface area (TPSA) is 15.3 Å². The molecule has 78 valence electrons. The first-order chi connectivity index (χ1) is 6.04. The zero-order valence-corrected chi connectivity index (χ0v) is 7.69. The third-order valence-electron chi connectivity index (χ3n) is 2.35. The zero-order chi connectivity index (χ0) is 9.90. The maximum Gasteiger partial charge on any atom is 0.459 e. The number of halogens is 3. The monoisotopic (exact) mass is 196 g/mol. The Morgan fingerprint density at radius 3 is 2.23 bits per heavy atom. The minimum atomic E-state index is -4.14. The smallest absolute Gasteiger partial charge is 0.314 e. The molecule has 0 saturated carbocycles. The van der Waals surface area contributed by atoms with Gasteiger partial charge in [-0.15, -0.1) is 0 Å². The molecule has 1 saturated heterocycles. The lowest BCUT2D eigenvalue weighted by atomic mass is 10.1. The Hall–Kier alpha value is -0.290. The standard InChI is InChI=1S/C8H15F3N2/c1-2-12-7-3-5-13(6-4-7)8(9,10)11/h7,12H,2-6H2,1H3. The van der Waals surface area contributed by atoms with Gasteiger partial charge in [0.2, 0.25) is 0 Å². The minimum Gasteiger partial charge on any atom is -0.314 e. The molecule has 0 aromatic rings. The Balaban J connectivity index is 2.30. The largest absolute Gasteiger partial charge is 0.459 e. The van der Waals surface area contributed by atoms with E-state index in [-0.39, 0.29) is 19.1 Å². The van der Waals surface area contributed by atoms with Crippen LogP contribution >= 0.6 is 0 Å². The van der Waals surface area contributed by atoms with Gasteiger partial charge in [0, 0.05) is 19.1 Å². The molecule has 0 unspecified atom stereocenters. The summed E-state index contributed by atoms with van der Waals surface area (Å²) in [6, 6.07) is 0.267. The van der Waals surface area contributed by atoms with Gasteiger partial charge in [-0.05, 0) is 19.4 Å². The van der Waals surface area contributed by atoms with Crippen LogP contribution in [0, 0.1) is 0 Å². The van der Waals surface area contributed by atoms with Crippen molar-refractivity contribution in [1.29, 1.82) is 0 Å². The second-order valence-electron chi connectivity index (χ2n) is 3.29.